The lowest BCUT2D eigenvalue weighted by Gasteiger charge is -2.14. The van der Waals surface area contributed by atoms with Gasteiger partial charge >= 0.3 is 6.18 Å². The zero-order valence-electron chi connectivity index (χ0n) is 9.82. The normalized spacial score (nSPS) is 13.7. The Labute approximate surface area is 102 Å². The molecule has 1 atom stereocenters. The van der Waals surface area contributed by atoms with Gasteiger partial charge in [-0.25, -0.2) is 8.78 Å². The highest BCUT2D eigenvalue weighted by atomic mass is 19.4. The summed E-state index contributed by atoms with van der Waals surface area (Å²) in [5.41, 5.74) is 0.303. The highest BCUT2D eigenvalue weighted by Crippen LogP contribution is 2.15. The van der Waals surface area contributed by atoms with Gasteiger partial charge in [0.15, 0.2) is 0 Å². The number of halogens is 5. The summed E-state index contributed by atoms with van der Waals surface area (Å²) in [4.78, 5) is 0. The molecule has 1 nitrogen and oxygen atoms in total. The van der Waals surface area contributed by atoms with E-state index < -0.39 is 24.4 Å². The van der Waals surface area contributed by atoms with E-state index in [2.05, 4.69) is 5.32 Å². The molecule has 1 unspecified atom stereocenters. The van der Waals surface area contributed by atoms with Crippen molar-refractivity contribution >= 4 is 0 Å². The molecule has 1 rings (SSSR count). The van der Waals surface area contributed by atoms with Crippen LogP contribution < -0.4 is 5.32 Å². The van der Waals surface area contributed by atoms with Gasteiger partial charge in [-0.3, -0.25) is 0 Å². The largest absolute Gasteiger partial charge is 0.401 e. The number of nitrogens with one attached hydrogen (secondary N) is 1. The third kappa shape index (κ3) is 5.44. The summed E-state index contributed by atoms with van der Waals surface area (Å²) in [6.45, 7) is 0.756. The van der Waals surface area contributed by atoms with E-state index in [4.69, 9.17) is 0 Å². The van der Waals surface area contributed by atoms with E-state index in [-0.39, 0.29) is 18.9 Å². The lowest BCUT2D eigenvalue weighted by atomic mass is 10.0. The fourth-order valence-electron chi connectivity index (χ4n) is 1.60. The lowest BCUT2D eigenvalue weighted by molar-refractivity contribution is -0.125. The van der Waals surface area contributed by atoms with Crippen LogP contribution in [0.2, 0.25) is 0 Å². The van der Waals surface area contributed by atoms with Gasteiger partial charge in [0.05, 0.1) is 6.54 Å². The molecule has 0 saturated heterocycles. The highest BCUT2D eigenvalue weighted by Gasteiger charge is 2.26. The molecule has 1 aromatic carbocycles. The minimum atomic E-state index is -4.25. The van der Waals surface area contributed by atoms with Gasteiger partial charge in [-0.1, -0.05) is 13.0 Å². The summed E-state index contributed by atoms with van der Waals surface area (Å²) < 4.78 is 61.6. The van der Waals surface area contributed by atoms with Crippen molar-refractivity contribution in [2.75, 3.05) is 13.1 Å². The zero-order chi connectivity index (χ0) is 13.8. The molecule has 0 fully saturated rings. The van der Waals surface area contributed by atoms with Crippen molar-refractivity contribution in [3.63, 3.8) is 0 Å². The fourth-order valence-corrected chi connectivity index (χ4v) is 1.60. The van der Waals surface area contributed by atoms with E-state index >= 15 is 0 Å². The molecule has 0 aliphatic carbocycles. The van der Waals surface area contributed by atoms with Crippen LogP contribution in [0, 0.1) is 17.6 Å². The number of alkyl halides is 3. The fraction of sp³-hybridized carbons (Fsp3) is 0.500. The first kappa shape index (κ1) is 14.9. The monoisotopic (exact) mass is 267 g/mol. The molecular formula is C12H14F5N. The van der Waals surface area contributed by atoms with E-state index in [1.807, 2.05) is 0 Å². The Hall–Kier alpha value is -1.17. The summed E-state index contributed by atoms with van der Waals surface area (Å²) in [5, 5.41) is 2.25. The minimum Gasteiger partial charge on any atom is -0.308 e. The van der Waals surface area contributed by atoms with E-state index in [0.717, 1.165) is 12.1 Å². The minimum absolute atomic E-state index is 0.121. The van der Waals surface area contributed by atoms with Crippen molar-refractivity contribution in [3.8, 4) is 0 Å². The molecular weight excluding hydrogens is 253 g/mol. The smallest absolute Gasteiger partial charge is 0.308 e. The van der Waals surface area contributed by atoms with E-state index in [1.54, 1.807) is 6.92 Å². The van der Waals surface area contributed by atoms with Crippen LogP contribution in [0.3, 0.4) is 0 Å². The van der Waals surface area contributed by atoms with Crippen LogP contribution in [0.5, 0.6) is 0 Å². The molecule has 0 aliphatic rings. The van der Waals surface area contributed by atoms with Crippen LogP contribution in [-0.4, -0.2) is 19.3 Å². The van der Waals surface area contributed by atoms with Crippen molar-refractivity contribution < 1.29 is 22.0 Å². The van der Waals surface area contributed by atoms with E-state index in [9.17, 15) is 22.0 Å². The summed E-state index contributed by atoms with van der Waals surface area (Å²) in [5.74, 6) is -1.51. The van der Waals surface area contributed by atoms with Gasteiger partial charge in [0.2, 0.25) is 0 Å². The van der Waals surface area contributed by atoms with Crippen LogP contribution in [0.25, 0.3) is 0 Å². The number of hydrogen-bond acceptors (Lipinski definition) is 1. The van der Waals surface area contributed by atoms with Gasteiger partial charge in [-0.15, -0.1) is 0 Å². The molecule has 0 saturated carbocycles. The van der Waals surface area contributed by atoms with Gasteiger partial charge < -0.3 is 5.32 Å². The Morgan fingerprint density at radius 1 is 1.22 bits per heavy atom. The third-order valence-electron chi connectivity index (χ3n) is 2.40. The Morgan fingerprint density at radius 3 is 2.44 bits per heavy atom. The standard InChI is InChI=1S/C12H14F5N/c1-8(6-18-7-12(15,16)17)4-9-2-3-10(13)5-11(9)14/h2-3,5,8,18H,4,6-7H2,1H3. The summed E-state index contributed by atoms with van der Waals surface area (Å²) in [7, 11) is 0. The molecule has 0 spiro atoms. The van der Waals surface area contributed by atoms with Crippen LogP contribution in [-0.2, 0) is 6.42 Å². The molecule has 0 amide bonds. The van der Waals surface area contributed by atoms with Crippen molar-refractivity contribution in [3.05, 3.63) is 35.4 Å². The summed E-state index contributed by atoms with van der Waals surface area (Å²) in [6, 6.07) is 3.21. The topological polar surface area (TPSA) is 12.0 Å². The Balaban J connectivity index is 2.42. The Kier molecular flexibility index (Phi) is 5.07. The number of rotatable bonds is 5. The molecule has 0 aliphatic heterocycles. The first-order valence-electron chi connectivity index (χ1n) is 5.49. The molecule has 0 bridgehead atoms. The van der Waals surface area contributed by atoms with Crippen molar-refractivity contribution in [2.45, 2.75) is 19.5 Å². The first-order valence-corrected chi connectivity index (χ1v) is 5.49. The average molecular weight is 267 g/mol. The van der Waals surface area contributed by atoms with Crippen LogP contribution >= 0.6 is 0 Å². The SMILES string of the molecule is CC(CNCC(F)(F)F)Cc1ccc(F)cc1F. The second-order valence-corrected chi connectivity index (χ2v) is 4.29. The van der Waals surface area contributed by atoms with Gasteiger partial charge in [0, 0.05) is 6.07 Å². The highest BCUT2D eigenvalue weighted by molar-refractivity contribution is 5.19. The molecule has 102 valence electrons. The predicted molar refractivity (Wildman–Crippen MR) is 58.2 cm³/mol. The van der Waals surface area contributed by atoms with Gasteiger partial charge in [-0.2, -0.15) is 13.2 Å². The molecule has 6 heteroatoms. The van der Waals surface area contributed by atoms with Crippen molar-refractivity contribution in [2.24, 2.45) is 5.92 Å². The van der Waals surface area contributed by atoms with Crippen molar-refractivity contribution in [1.82, 2.24) is 5.32 Å². The maximum Gasteiger partial charge on any atom is 0.401 e. The van der Waals surface area contributed by atoms with Gasteiger partial charge in [-0.05, 0) is 30.5 Å². The van der Waals surface area contributed by atoms with Gasteiger partial charge in [0.1, 0.15) is 11.6 Å². The molecule has 0 aromatic heterocycles. The van der Waals surface area contributed by atoms with Crippen LogP contribution in [0.1, 0.15) is 12.5 Å². The maximum atomic E-state index is 13.3. The van der Waals surface area contributed by atoms with Gasteiger partial charge in [0.25, 0.3) is 0 Å². The summed E-state index contributed by atoms with van der Waals surface area (Å²) in [6.07, 6.45) is -3.99. The van der Waals surface area contributed by atoms with Crippen molar-refractivity contribution in [1.29, 1.82) is 0 Å². The Morgan fingerprint density at radius 2 is 1.89 bits per heavy atom. The number of benzene rings is 1. The zero-order valence-corrected chi connectivity index (χ0v) is 9.82. The lowest BCUT2D eigenvalue weighted by Crippen LogP contribution is -2.32. The molecule has 0 radical (unpaired) electrons. The predicted octanol–water partition coefficient (Wildman–Crippen LogP) is 3.30. The molecule has 18 heavy (non-hydrogen) atoms. The molecule has 0 heterocycles. The van der Waals surface area contributed by atoms with E-state index in [0.29, 0.717) is 5.56 Å². The number of hydrogen-bond donors (Lipinski definition) is 1. The Bertz CT molecular complexity index is 389. The average Bonchev–Trinajstić information content (AvgIpc) is 2.20. The first-order chi connectivity index (χ1) is 8.28. The van der Waals surface area contributed by atoms with Crippen LogP contribution in [0.15, 0.2) is 18.2 Å². The quantitative estimate of drug-likeness (QED) is 0.807. The summed E-state index contributed by atoms with van der Waals surface area (Å²) >= 11 is 0. The van der Waals surface area contributed by atoms with E-state index in [1.165, 1.54) is 6.07 Å². The molecule has 1 aromatic rings. The second kappa shape index (κ2) is 6.13. The molecule has 1 N–H and O–H groups in total. The third-order valence-corrected chi connectivity index (χ3v) is 2.40. The maximum absolute atomic E-state index is 13.3. The second-order valence-electron chi connectivity index (χ2n) is 4.29. The van der Waals surface area contributed by atoms with Crippen LogP contribution in [0.4, 0.5) is 22.0 Å².